The van der Waals surface area contributed by atoms with Gasteiger partial charge in [-0.3, -0.25) is 19.7 Å². The van der Waals surface area contributed by atoms with Crippen molar-refractivity contribution in [2.75, 3.05) is 13.1 Å². The SMILES string of the molecule is O=C(c1ccc(-c2ccccc2)cc1)N1CCN=C1SCc1cccnc1. The zero-order valence-electron chi connectivity index (χ0n) is 14.8. The van der Waals surface area contributed by atoms with Crippen molar-refractivity contribution in [3.05, 3.63) is 90.3 Å². The van der Waals surface area contributed by atoms with E-state index in [1.54, 1.807) is 22.9 Å². The minimum Gasteiger partial charge on any atom is -0.286 e. The van der Waals surface area contributed by atoms with E-state index in [1.807, 2.05) is 60.8 Å². The Balaban J connectivity index is 1.44. The molecule has 2 aromatic carbocycles. The fourth-order valence-electron chi connectivity index (χ4n) is 2.96. The van der Waals surface area contributed by atoms with Crippen LogP contribution in [0, 0.1) is 0 Å². The smallest absolute Gasteiger partial charge is 0.259 e. The van der Waals surface area contributed by atoms with E-state index in [9.17, 15) is 4.79 Å². The first-order chi connectivity index (χ1) is 13.3. The summed E-state index contributed by atoms with van der Waals surface area (Å²) in [4.78, 5) is 23.4. The van der Waals surface area contributed by atoms with Gasteiger partial charge in [-0.05, 0) is 34.9 Å². The Morgan fingerprint density at radius 2 is 1.74 bits per heavy atom. The number of carbonyl (C=O) groups excluding carboxylic acids is 1. The minimum absolute atomic E-state index is 0.00421. The largest absolute Gasteiger partial charge is 0.286 e. The van der Waals surface area contributed by atoms with Crippen LogP contribution in [0.2, 0.25) is 0 Å². The summed E-state index contributed by atoms with van der Waals surface area (Å²) in [6.45, 7) is 1.29. The molecule has 1 aromatic heterocycles. The number of carbonyl (C=O) groups is 1. The summed E-state index contributed by atoms with van der Waals surface area (Å²) in [6.07, 6.45) is 3.60. The highest BCUT2D eigenvalue weighted by atomic mass is 32.2. The molecular formula is C22H19N3OS. The molecule has 0 fully saturated rings. The van der Waals surface area contributed by atoms with Crippen molar-refractivity contribution >= 4 is 22.8 Å². The molecule has 2 heterocycles. The molecule has 0 saturated carbocycles. The number of amides is 1. The van der Waals surface area contributed by atoms with E-state index in [-0.39, 0.29) is 5.91 Å². The Morgan fingerprint density at radius 1 is 0.963 bits per heavy atom. The van der Waals surface area contributed by atoms with Gasteiger partial charge < -0.3 is 0 Å². The molecule has 0 spiro atoms. The molecule has 0 unspecified atom stereocenters. The molecule has 3 aromatic rings. The van der Waals surface area contributed by atoms with Gasteiger partial charge in [0.2, 0.25) is 0 Å². The number of hydrogen-bond acceptors (Lipinski definition) is 4. The second-order valence-corrected chi connectivity index (χ2v) is 7.16. The van der Waals surface area contributed by atoms with Crippen LogP contribution in [-0.4, -0.2) is 34.0 Å². The molecule has 4 nitrogen and oxygen atoms in total. The van der Waals surface area contributed by atoms with Crippen molar-refractivity contribution in [1.82, 2.24) is 9.88 Å². The van der Waals surface area contributed by atoms with Crippen molar-refractivity contribution in [2.24, 2.45) is 4.99 Å². The van der Waals surface area contributed by atoms with Crippen LogP contribution in [0.1, 0.15) is 15.9 Å². The molecule has 0 aliphatic carbocycles. The van der Waals surface area contributed by atoms with Crippen molar-refractivity contribution in [3.63, 3.8) is 0 Å². The van der Waals surface area contributed by atoms with Crippen LogP contribution in [0.15, 0.2) is 84.1 Å². The zero-order valence-corrected chi connectivity index (χ0v) is 15.6. The summed E-state index contributed by atoms with van der Waals surface area (Å²) >= 11 is 1.58. The van der Waals surface area contributed by atoms with Gasteiger partial charge in [0.05, 0.1) is 6.54 Å². The molecule has 4 rings (SSSR count). The average molecular weight is 373 g/mol. The molecule has 5 heteroatoms. The van der Waals surface area contributed by atoms with E-state index in [1.165, 1.54) is 0 Å². The summed E-state index contributed by atoms with van der Waals surface area (Å²) < 4.78 is 0. The number of pyridine rings is 1. The highest BCUT2D eigenvalue weighted by Gasteiger charge is 2.25. The van der Waals surface area contributed by atoms with Crippen molar-refractivity contribution in [3.8, 4) is 11.1 Å². The molecule has 0 saturated heterocycles. The molecule has 1 aliphatic rings. The molecular weight excluding hydrogens is 354 g/mol. The zero-order chi connectivity index (χ0) is 18.5. The van der Waals surface area contributed by atoms with Crippen LogP contribution < -0.4 is 0 Å². The maximum atomic E-state index is 12.9. The summed E-state index contributed by atoms with van der Waals surface area (Å²) in [5, 5.41) is 0.788. The van der Waals surface area contributed by atoms with Crippen LogP contribution in [0.5, 0.6) is 0 Å². The highest BCUT2D eigenvalue weighted by molar-refractivity contribution is 8.13. The van der Waals surface area contributed by atoms with E-state index in [0.29, 0.717) is 18.7 Å². The summed E-state index contributed by atoms with van der Waals surface area (Å²) in [7, 11) is 0. The highest BCUT2D eigenvalue weighted by Crippen LogP contribution is 2.23. The normalized spacial score (nSPS) is 13.5. The maximum absolute atomic E-state index is 12.9. The lowest BCUT2D eigenvalue weighted by Gasteiger charge is -2.18. The Hall–Kier alpha value is -2.92. The quantitative estimate of drug-likeness (QED) is 0.677. The van der Waals surface area contributed by atoms with Crippen LogP contribution >= 0.6 is 11.8 Å². The number of thioether (sulfide) groups is 1. The second-order valence-electron chi connectivity index (χ2n) is 6.21. The van der Waals surface area contributed by atoms with Gasteiger partial charge >= 0.3 is 0 Å². The Bertz CT molecular complexity index is 940. The molecule has 134 valence electrons. The van der Waals surface area contributed by atoms with Crippen molar-refractivity contribution in [1.29, 1.82) is 0 Å². The lowest BCUT2D eigenvalue weighted by atomic mass is 10.0. The van der Waals surface area contributed by atoms with Crippen LogP contribution in [0.4, 0.5) is 0 Å². The molecule has 0 bridgehead atoms. The monoisotopic (exact) mass is 373 g/mol. The van der Waals surface area contributed by atoms with E-state index in [0.717, 1.165) is 27.6 Å². The predicted molar refractivity (Wildman–Crippen MR) is 111 cm³/mol. The average Bonchev–Trinajstić information content (AvgIpc) is 3.22. The fraction of sp³-hybridized carbons (Fsp3) is 0.136. The van der Waals surface area contributed by atoms with Crippen molar-refractivity contribution in [2.45, 2.75) is 5.75 Å². The van der Waals surface area contributed by atoms with Crippen LogP contribution in [0.3, 0.4) is 0 Å². The third-order valence-corrected chi connectivity index (χ3v) is 5.46. The molecule has 27 heavy (non-hydrogen) atoms. The maximum Gasteiger partial charge on any atom is 0.259 e. The van der Waals surface area contributed by atoms with E-state index < -0.39 is 0 Å². The summed E-state index contributed by atoms with van der Waals surface area (Å²) in [5.74, 6) is 0.758. The molecule has 0 N–H and O–H groups in total. The second kappa shape index (κ2) is 8.18. The summed E-state index contributed by atoms with van der Waals surface area (Å²) in [5.41, 5.74) is 4.06. The van der Waals surface area contributed by atoms with E-state index >= 15 is 0 Å². The standard InChI is InChI=1S/C22H19N3OS/c26-21(20-10-8-19(9-11-20)18-6-2-1-3-7-18)25-14-13-24-22(25)27-16-17-5-4-12-23-15-17/h1-12,15H,13-14,16H2. The number of benzene rings is 2. The Morgan fingerprint density at radius 3 is 2.48 bits per heavy atom. The molecule has 0 atom stereocenters. The van der Waals surface area contributed by atoms with Gasteiger partial charge in [0.1, 0.15) is 0 Å². The Kier molecular flexibility index (Phi) is 5.30. The number of aliphatic imine (C=N–C) groups is 1. The number of rotatable bonds is 4. The van der Waals surface area contributed by atoms with Gasteiger partial charge in [-0.1, -0.05) is 60.3 Å². The lowest BCUT2D eigenvalue weighted by Crippen LogP contribution is -2.32. The fourth-order valence-corrected chi connectivity index (χ4v) is 3.94. The van der Waals surface area contributed by atoms with Crippen molar-refractivity contribution < 1.29 is 4.79 Å². The van der Waals surface area contributed by atoms with E-state index in [2.05, 4.69) is 22.1 Å². The lowest BCUT2D eigenvalue weighted by molar-refractivity contribution is 0.0860. The number of amidine groups is 1. The molecule has 1 aliphatic heterocycles. The van der Waals surface area contributed by atoms with Gasteiger partial charge in [0.25, 0.3) is 5.91 Å². The van der Waals surface area contributed by atoms with Gasteiger partial charge in [0.15, 0.2) is 5.17 Å². The number of hydrogen-bond donors (Lipinski definition) is 0. The first-order valence-corrected chi connectivity index (χ1v) is 9.83. The third kappa shape index (κ3) is 4.09. The van der Waals surface area contributed by atoms with Crippen LogP contribution in [0.25, 0.3) is 11.1 Å². The minimum atomic E-state index is 0.00421. The first-order valence-electron chi connectivity index (χ1n) is 8.85. The van der Waals surface area contributed by atoms with Gasteiger partial charge in [0, 0.05) is 30.3 Å². The van der Waals surface area contributed by atoms with E-state index in [4.69, 9.17) is 0 Å². The number of nitrogens with zero attached hydrogens (tertiary/aromatic N) is 3. The van der Waals surface area contributed by atoms with Crippen LogP contribution in [-0.2, 0) is 5.75 Å². The summed E-state index contributed by atoms with van der Waals surface area (Å²) in [6, 6.07) is 21.9. The first kappa shape index (κ1) is 17.5. The third-order valence-electron chi connectivity index (χ3n) is 4.38. The van der Waals surface area contributed by atoms with Gasteiger partial charge in [-0.25, -0.2) is 0 Å². The Labute approximate surface area is 163 Å². The molecule has 0 radical (unpaired) electrons. The molecule has 1 amide bonds. The number of aromatic nitrogens is 1. The topological polar surface area (TPSA) is 45.6 Å². The van der Waals surface area contributed by atoms with Gasteiger partial charge in [-0.2, -0.15) is 0 Å². The van der Waals surface area contributed by atoms with Gasteiger partial charge in [-0.15, -0.1) is 0 Å². The predicted octanol–water partition coefficient (Wildman–Crippen LogP) is 4.49.